The van der Waals surface area contributed by atoms with E-state index in [4.69, 9.17) is 35.5 Å². The van der Waals surface area contributed by atoms with E-state index in [0.717, 1.165) is 0 Å². The summed E-state index contributed by atoms with van der Waals surface area (Å²) >= 11 is 0. The summed E-state index contributed by atoms with van der Waals surface area (Å²) in [5, 5.41) is 66.5. The van der Waals surface area contributed by atoms with Gasteiger partial charge in [0.15, 0.2) is 18.7 Å². The molecule has 7 unspecified atom stereocenters. The van der Waals surface area contributed by atoms with Crippen LogP contribution in [-0.2, 0) is 23.7 Å². The van der Waals surface area contributed by atoms with Crippen LogP contribution in [0.1, 0.15) is 32.6 Å². The molecule has 15 nitrogen and oxygen atoms in total. The van der Waals surface area contributed by atoms with E-state index in [-0.39, 0.29) is 32.6 Å². The van der Waals surface area contributed by atoms with E-state index in [0.29, 0.717) is 31.7 Å². The maximum absolute atomic E-state index is 12.6. The SMILES string of the molecule is C[C@]1(O)COC(O[C@H]2C(NC(=O)C(O)C(O)CN)CC(N)[C@@H](O[C@@H]3CCC=C(CNCCO)O3)C2O)C(O)C1. The number of amides is 1. The van der Waals surface area contributed by atoms with Gasteiger partial charge in [0.1, 0.15) is 36.3 Å². The van der Waals surface area contributed by atoms with Crippen LogP contribution in [0.5, 0.6) is 0 Å². The van der Waals surface area contributed by atoms with Gasteiger partial charge < -0.3 is 71.7 Å². The maximum atomic E-state index is 12.6. The molecule has 2 fully saturated rings. The number of hydrogen-bond acceptors (Lipinski definition) is 14. The van der Waals surface area contributed by atoms with Crippen LogP contribution >= 0.6 is 0 Å². The fourth-order valence-corrected chi connectivity index (χ4v) is 4.90. The number of ether oxygens (including phenoxy) is 4. The average molecular weight is 565 g/mol. The van der Waals surface area contributed by atoms with E-state index in [1.807, 2.05) is 6.08 Å². The molecule has 3 rings (SSSR count). The Bertz CT molecular complexity index is 819. The summed E-state index contributed by atoms with van der Waals surface area (Å²) in [5.74, 6) is -0.325. The van der Waals surface area contributed by atoms with Gasteiger partial charge in [-0.15, -0.1) is 0 Å². The topological polar surface area (TPSA) is 251 Å². The molecule has 0 aromatic rings. The zero-order chi connectivity index (χ0) is 28.7. The zero-order valence-electron chi connectivity index (χ0n) is 22.1. The van der Waals surface area contributed by atoms with Crippen LogP contribution in [0.15, 0.2) is 11.8 Å². The van der Waals surface area contributed by atoms with Gasteiger partial charge in [-0.2, -0.15) is 0 Å². The molecule has 1 amide bonds. The predicted molar refractivity (Wildman–Crippen MR) is 134 cm³/mol. The molecule has 0 spiro atoms. The van der Waals surface area contributed by atoms with E-state index in [2.05, 4.69) is 10.6 Å². The summed E-state index contributed by atoms with van der Waals surface area (Å²) in [6, 6.07) is -1.77. The maximum Gasteiger partial charge on any atom is 0.251 e. The Morgan fingerprint density at radius 2 is 2.03 bits per heavy atom. The molecule has 39 heavy (non-hydrogen) atoms. The van der Waals surface area contributed by atoms with Gasteiger partial charge in [0.05, 0.1) is 31.4 Å². The minimum Gasteiger partial charge on any atom is -0.468 e. The molecule has 0 aromatic heterocycles. The molecule has 2 aliphatic heterocycles. The monoisotopic (exact) mass is 564 g/mol. The summed E-state index contributed by atoms with van der Waals surface area (Å²) in [4.78, 5) is 12.6. The molecular weight excluding hydrogens is 520 g/mol. The quantitative estimate of drug-likeness (QED) is 0.100. The largest absolute Gasteiger partial charge is 0.468 e. The molecule has 12 N–H and O–H groups in total. The number of allylic oxidation sites excluding steroid dienone is 1. The zero-order valence-corrected chi connectivity index (χ0v) is 22.1. The van der Waals surface area contributed by atoms with Crippen LogP contribution in [0.4, 0.5) is 0 Å². The molecule has 0 aromatic carbocycles. The van der Waals surface area contributed by atoms with Gasteiger partial charge in [-0.3, -0.25) is 4.79 Å². The smallest absolute Gasteiger partial charge is 0.251 e. The first-order valence-corrected chi connectivity index (χ1v) is 13.3. The molecule has 3 aliphatic rings. The molecule has 226 valence electrons. The number of aliphatic hydroxyl groups is 6. The standard InChI is InChI=1S/C24H44N4O11/c1-24(35)8-15(30)23(36-11-24)39-21-14(28-22(34)18(32)16(31)9-25)7-13(26)20(19(21)33)38-17-4-2-3-12(37-17)10-27-5-6-29/h3,13-21,23,27,29-33,35H,2,4-11,25-26H2,1H3,(H,28,34)/t13?,14?,15?,16?,17-,18?,19?,20-,21+,23?,24-/m1/s1. The van der Waals surface area contributed by atoms with Gasteiger partial charge >= 0.3 is 0 Å². The van der Waals surface area contributed by atoms with Crippen molar-refractivity contribution < 1.29 is 54.4 Å². The Morgan fingerprint density at radius 3 is 2.69 bits per heavy atom. The van der Waals surface area contributed by atoms with E-state index in [1.54, 1.807) is 0 Å². The van der Waals surface area contributed by atoms with Crippen molar-refractivity contribution in [2.45, 2.75) is 99.5 Å². The summed E-state index contributed by atoms with van der Waals surface area (Å²) in [5.41, 5.74) is 10.4. The average Bonchev–Trinajstić information content (AvgIpc) is 2.89. The lowest BCUT2D eigenvalue weighted by Gasteiger charge is -2.47. The third kappa shape index (κ3) is 8.76. The third-order valence-electron chi connectivity index (χ3n) is 6.99. The highest BCUT2D eigenvalue weighted by atomic mass is 16.7. The minimum absolute atomic E-state index is 0.0193. The van der Waals surface area contributed by atoms with Crippen molar-refractivity contribution in [2.24, 2.45) is 11.5 Å². The lowest BCUT2D eigenvalue weighted by Crippen LogP contribution is -2.67. The highest BCUT2D eigenvalue weighted by Gasteiger charge is 2.49. The normalized spacial score (nSPS) is 38.8. The molecule has 1 saturated carbocycles. The number of rotatable bonds is 12. The fourth-order valence-electron chi connectivity index (χ4n) is 4.90. The van der Waals surface area contributed by atoms with Gasteiger partial charge in [-0.25, -0.2) is 0 Å². The first-order chi connectivity index (χ1) is 18.5. The molecular formula is C24H44N4O11. The Balaban J connectivity index is 1.73. The van der Waals surface area contributed by atoms with Crippen LogP contribution in [0.3, 0.4) is 0 Å². The van der Waals surface area contributed by atoms with Gasteiger partial charge in [0.25, 0.3) is 5.91 Å². The van der Waals surface area contributed by atoms with Gasteiger partial charge in [0.2, 0.25) is 0 Å². The highest BCUT2D eigenvalue weighted by Crippen LogP contribution is 2.32. The summed E-state index contributed by atoms with van der Waals surface area (Å²) in [6.07, 6.45) is -7.15. The van der Waals surface area contributed by atoms with Gasteiger partial charge in [0, 0.05) is 32.0 Å². The lowest BCUT2D eigenvalue weighted by molar-refractivity contribution is -0.297. The lowest BCUT2D eigenvalue weighted by atomic mass is 9.83. The summed E-state index contributed by atoms with van der Waals surface area (Å²) in [7, 11) is 0. The molecule has 11 atom stereocenters. The van der Waals surface area contributed by atoms with Crippen LogP contribution in [0.2, 0.25) is 0 Å². The molecule has 1 aliphatic carbocycles. The number of aliphatic hydroxyl groups excluding tert-OH is 5. The minimum atomic E-state index is -1.83. The van der Waals surface area contributed by atoms with Crippen LogP contribution < -0.4 is 22.1 Å². The number of nitrogens with two attached hydrogens (primary N) is 2. The van der Waals surface area contributed by atoms with Crippen LogP contribution in [-0.4, -0.2) is 136 Å². The van der Waals surface area contributed by atoms with E-state index >= 15 is 0 Å². The van der Waals surface area contributed by atoms with E-state index in [1.165, 1.54) is 6.92 Å². The fraction of sp³-hybridized carbons (Fsp3) is 0.875. The summed E-state index contributed by atoms with van der Waals surface area (Å²) < 4.78 is 23.4. The molecule has 0 radical (unpaired) electrons. The van der Waals surface area contributed by atoms with Crippen molar-refractivity contribution in [3.05, 3.63) is 11.8 Å². The van der Waals surface area contributed by atoms with Crippen LogP contribution in [0, 0.1) is 0 Å². The molecule has 2 heterocycles. The van der Waals surface area contributed by atoms with Crippen molar-refractivity contribution in [2.75, 3.05) is 32.8 Å². The van der Waals surface area contributed by atoms with E-state index in [9.17, 15) is 30.3 Å². The number of nitrogens with one attached hydrogen (secondary N) is 2. The number of carbonyl (C=O) groups excluding carboxylic acids is 1. The second-order valence-corrected chi connectivity index (χ2v) is 10.6. The van der Waals surface area contributed by atoms with Crippen molar-refractivity contribution in [1.82, 2.24) is 10.6 Å². The van der Waals surface area contributed by atoms with Gasteiger partial charge in [-0.05, 0) is 25.8 Å². The molecule has 0 bridgehead atoms. The van der Waals surface area contributed by atoms with Crippen molar-refractivity contribution in [3.63, 3.8) is 0 Å². The van der Waals surface area contributed by atoms with Gasteiger partial charge in [-0.1, -0.05) is 0 Å². The van der Waals surface area contributed by atoms with Crippen LogP contribution in [0.25, 0.3) is 0 Å². The molecule has 1 saturated heterocycles. The van der Waals surface area contributed by atoms with Crippen molar-refractivity contribution in [3.8, 4) is 0 Å². The predicted octanol–water partition coefficient (Wildman–Crippen LogP) is -4.53. The van der Waals surface area contributed by atoms with E-state index < -0.39 is 72.8 Å². The highest BCUT2D eigenvalue weighted by molar-refractivity contribution is 5.81. The number of carbonyl (C=O) groups is 1. The Labute approximate surface area is 227 Å². The Hall–Kier alpha value is -1.47. The number of hydrogen-bond donors (Lipinski definition) is 10. The van der Waals surface area contributed by atoms with Crippen molar-refractivity contribution >= 4 is 5.91 Å². The first kappa shape index (κ1) is 32.0. The first-order valence-electron chi connectivity index (χ1n) is 13.3. The molecule has 15 heteroatoms. The summed E-state index contributed by atoms with van der Waals surface area (Å²) in [6.45, 7) is 1.78. The Morgan fingerprint density at radius 1 is 1.28 bits per heavy atom. The third-order valence-corrected chi connectivity index (χ3v) is 6.99. The second-order valence-electron chi connectivity index (χ2n) is 10.6. The second kappa shape index (κ2) is 14.4. The van der Waals surface area contributed by atoms with Crippen molar-refractivity contribution in [1.29, 1.82) is 0 Å². The Kier molecular flexibility index (Phi) is 11.9.